The van der Waals surface area contributed by atoms with Crippen LogP contribution in [0.1, 0.15) is 51.0 Å². The predicted octanol–water partition coefficient (Wildman–Crippen LogP) is 3.27. The zero-order chi connectivity index (χ0) is 14.3. The molecule has 0 amide bonds. The van der Waals surface area contributed by atoms with E-state index in [0.717, 1.165) is 44.1 Å². The van der Waals surface area contributed by atoms with E-state index >= 15 is 0 Å². The van der Waals surface area contributed by atoms with Crippen molar-refractivity contribution in [2.75, 3.05) is 13.2 Å². The van der Waals surface area contributed by atoms with Crippen molar-refractivity contribution < 1.29 is 15.3 Å². The Morgan fingerprint density at radius 3 is 1.89 bits per heavy atom. The lowest BCUT2D eigenvalue weighted by Gasteiger charge is -2.01. The van der Waals surface area contributed by atoms with Crippen molar-refractivity contribution in [3.8, 4) is 5.75 Å². The first kappa shape index (κ1) is 17.9. The first-order chi connectivity index (χ1) is 9.26. The maximum absolute atomic E-state index is 9.34. The van der Waals surface area contributed by atoms with Crippen molar-refractivity contribution in [3.63, 3.8) is 0 Å². The van der Waals surface area contributed by atoms with Crippen LogP contribution in [-0.2, 0) is 6.42 Å². The Hall–Kier alpha value is -1.06. The summed E-state index contributed by atoms with van der Waals surface area (Å²) in [6.07, 6.45) is 7.14. The van der Waals surface area contributed by atoms with Gasteiger partial charge in [-0.2, -0.15) is 0 Å². The van der Waals surface area contributed by atoms with Crippen LogP contribution in [0.15, 0.2) is 24.3 Å². The SMILES string of the molecule is CCCCc1ccccc1O.OCCCCCCO. The van der Waals surface area contributed by atoms with Crippen molar-refractivity contribution in [2.45, 2.75) is 51.9 Å². The molecule has 0 heterocycles. The number of aliphatic hydroxyl groups is 2. The Morgan fingerprint density at radius 1 is 0.842 bits per heavy atom. The number of aromatic hydroxyl groups is 1. The van der Waals surface area contributed by atoms with Crippen LogP contribution in [0.25, 0.3) is 0 Å². The third-order valence-electron chi connectivity index (χ3n) is 2.86. The van der Waals surface area contributed by atoms with E-state index in [-0.39, 0.29) is 13.2 Å². The quantitative estimate of drug-likeness (QED) is 0.634. The maximum atomic E-state index is 9.34. The second-order valence-corrected chi connectivity index (χ2v) is 4.59. The largest absolute Gasteiger partial charge is 0.508 e. The molecule has 0 bridgehead atoms. The molecular weight excluding hydrogens is 240 g/mol. The lowest BCUT2D eigenvalue weighted by Crippen LogP contribution is -1.85. The highest BCUT2D eigenvalue weighted by atomic mass is 16.3. The number of hydrogen-bond acceptors (Lipinski definition) is 3. The molecule has 0 radical (unpaired) electrons. The Labute approximate surface area is 116 Å². The summed E-state index contributed by atoms with van der Waals surface area (Å²) in [6, 6.07) is 7.53. The van der Waals surface area contributed by atoms with E-state index in [0.29, 0.717) is 5.75 Å². The van der Waals surface area contributed by atoms with Gasteiger partial charge in [-0.05, 0) is 37.3 Å². The highest BCUT2D eigenvalue weighted by Gasteiger charge is 1.96. The summed E-state index contributed by atoms with van der Waals surface area (Å²) in [5.41, 5.74) is 1.06. The van der Waals surface area contributed by atoms with Crippen LogP contribution < -0.4 is 0 Å². The van der Waals surface area contributed by atoms with Crippen molar-refractivity contribution >= 4 is 0 Å². The molecule has 1 aromatic rings. The molecule has 0 saturated carbocycles. The van der Waals surface area contributed by atoms with E-state index in [1.54, 1.807) is 6.07 Å². The first-order valence-electron chi connectivity index (χ1n) is 7.24. The average Bonchev–Trinajstić information content (AvgIpc) is 2.44. The van der Waals surface area contributed by atoms with Gasteiger partial charge in [0.15, 0.2) is 0 Å². The molecule has 0 spiro atoms. The van der Waals surface area contributed by atoms with E-state index < -0.39 is 0 Å². The Kier molecular flexibility index (Phi) is 12.6. The molecule has 0 aliphatic rings. The second kappa shape index (κ2) is 13.4. The minimum Gasteiger partial charge on any atom is -0.508 e. The fourth-order valence-electron chi connectivity index (χ4n) is 1.67. The highest BCUT2D eigenvalue weighted by molar-refractivity contribution is 5.31. The summed E-state index contributed by atoms with van der Waals surface area (Å²) in [7, 11) is 0. The van der Waals surface area contributed by atoms with Crippen LogP contribution in [0.4, 0.5) is 0 Å². The van der Waals surface area contributed by atoms with E-state index in [1.165, 1.54) is 6.42 Å². The van der Waals surface area contributed by atoms with Gasteiger partial charge >= 0.3 is 0 Å². The van der Waals surface area contributed by atoms with Gasteiger partial charge in [-0.15, -0.1) is 0 Å². The molecule has 3 N–H and O–H groups in total. The molecule has 1 aromatic carbocycles. The summed E-state index contributed by atoms with van der Waals surface area (Å²) in [5.74, 6) is 0.431. The van der Waals surface area contributed by atoms with Gasteiger partial charge in [0, 0.05) is 13.2 Å². The minimum absolute atomic E-state index is 0.283. The van der Waals surface area contributed by atoms with Crippen LogP contribution in [0.3, 0.4) is 0 Å². The van der Waals surface area contributed by atoms with Crippen LogP contribution in [0.2, 0.25) is 0 Å². The number of phenolic OH excluding ortho intramolecular Hbond substituents is 1. The second-order valence-electron chi connectivity index (χ2n) is 4.59. The maximum Gasteiger partial charge on any atom is 0.118 e. The van der Waals surface area contributed by atoms with Crippen LogP contribution in [-0.4, -0.2) is 28.5 Å². The van der Waals surface area contributed by atoms with E-state index in [4.69, 9.17) is 10.2 Å². The molecule has 0 aliphatic carbocycles. The summed E-state index contributed by atoms with van der Waals surface area (Å²) in [5, 5.41) is 25.9. The molecule has 0 aromatic heterocycles. The van der Waals surface area contributed by atoms with Gasteiger partial charge in [0.1, 0.15) is 5.75 Å². The molecule has 0 atom stereocenters. The fourth-order valence-corrected chi connectivity index (χ4v) is 1.67. The summed E-state index contributed by atoms with van der Waals surface area (Å²) >= 11 is 0. The zero-order valence-corrected chi connectivity index (χ0v) is 12.0. The molecule has 1 rings (SSSR count). The van der Waals surface area contributed by atoms with Crippen LogP contribution in [0, 0.1) is 0 Å². The molecule has 3 nitrogen and oxygen atoms in total. The number of benzene rings is 1. The lowest BCUT2D eigenvalue weighted by molar-refractivity contribution is 0.265. The number of hydrogen-bond donors (Lipinski definition) is 3. The van der Waals surface area contributed by atoms with Crippen LogP contribution >= 0.6 is 0 Å². The fraction of sp³-hybridized carbons (Fsp3) is 0.625. The summed E-state index contributed by atoms with van der Waals surface area (Å²) in [4.78, 5) is 0. The molecule has 0 unspecified atom stereocenters. The van der Waals surface area contributed by atoms with Crippen molar-refractivity contribution in [1.82, 2.24) is 0 Å². The predicted molar refractivity (Wildman–Crippen MR) is 79.4 cm³/mol. The normalized spacial score (nSPS) is 9.84. The van der Waals surface area contributed by atoms with Gasteiger partial charge in [-0.3, -0.25) is 0 Å². The van der Waals surface area contributed by atoms with Crippen molar-refractivity contribution in [1.29, 1.82) is 0 Å². The molecule has 0 aliphatic heterocycles. The standard InChI is InChI=1S/C10H14O.C6H14O2/c1-2-3-6-9-7-4-5-8-10(9)11;7-5-3-1-2-4-6-8/h4-5,7-8,11H,2-3,6H2,1H3;7-8H,1-6H2. The Bertz CT molecular complexity index is 294. The molecule has 0 fully saturated rings. The number of phenols is 1. The Morgan fingerprint density at radius 2 is 1.42 bits per heavy atom. The van der Waals surface area contributed by atoms with Gasteiger partial charge in [-0.1, -0.05) is 44.4 Å². The number of aryl methyl sites for hydroxylation is 1. The molecule has 3 heteroatoms. The zero-order valence-electron chi connectivity index (χ0n) is 12.0. The smallest absolute Gasteiger partial charge is 0.118 e. The third kappa shape index (κ3) is 10.5. The van der Waals surface area contributed by atoms with E-state index in [2.05, 4.69) is 6.92 Å². The van der Waals surface area contributed by atoms with Crippen molar-refractivity contribution in [3.05, 3.63) is 29.8 Å². The van der Waals surface area contributed by atoms with Gasteiger partial charge in [0.2, 0.25) is 0 Å². The van der Waals surface area contributed by atoms with Crippen molar-refractivity contribution in [2.24, 2.45) is 0 Å². The first-order valence-corrected chi connectivity index (χ1v) is 7.24. The average molecular weight is 268 g/mol. The summed E-state index contributed by atoms with van der Waals surface area (Å²) < 4.78 is 0. The lowest BCUT2D eigenvalue weighted by atomic mass is 10.1. The van der Waals surface area contributed by atoms with Gasteiger partial charge in [-0.25, -0.2) is 0 Å². The Balaban J connectivity index is 0.000000362. The number of aliphatic hydroxyl groups excluding tert-OH is 2. The highest BCUT2D eigenvalue weighted by Crippen LogP contribution is 2.17. The van der Waals surface area contributed by atoms with Gasteiger partial charge in [0.05, 0.1) is 0 Å². The van der Waals surface area contributed by atoms with E-state index in [9.17, 15) is 5.11 Å². The van der Waals surface area contributed by atoms with Gasteiger partial charge < -0.3 is 15.3 Å². The summed E-state index contributed by atoms with van der Waals surface area (Å²) in [6.45, 7) is 2.72. The van der Waals surface area contributed by atoms with Gasteiger partial charge in [0.25, 0.3) is 0 Å². The number of unbranched alkanes of at least 4 members (excludes halogenated alkanes) is 4. The molecule has 19 heavy (non-hydrogen) atoms. The minimum atomic E-state index is 0.283. The monoisotopic (exact) mass is 268 g/mol. The molecule has 110 valence electrons. The number of rotatable bonds is 8. The third-order valence-corrected chi connectivity index (χ3v) is 2.86. The molecular formula is C16H28O3. The van der Waals surface area contributed by atoms with Crippen LogP contribution in [0.5, 0.6) is 5.75 Å². The molecule has 0 saturated heterocycles. The van der Waals surface area contributed by atoms with E-state index in [1.807, 2.05) is 18.2 Å². The number of para-hydroxylation sites is 1. The topological polar surface area (TPSA) is 60.7 Å².